The minimum atomic E-state index is -0.408. The Hall–Kier alpha value is -1.91. The largest absolute Gasteiger partial charge is 0.462 e. The molecule has 5 nitrogen and oxygen atoms in total. The van der Waals surface area contributed by atoms with Crippen molar-refractivity contribution < 1.29 is 23.9 Å². The standard InChI is InChI=1S/C26H34O5/c1-14(28)30-17-7-9-25(3)16(11-17)5-6-18-21(25)8-10-26(4)23(18)19-12-20(19)24(26)22(13-27)31-15(2)29/h5,13,17-21,23H,6-12H2,1-4H3/t17-,18+,19-,20+,21-,23+,25-,26-/m0/s1. The first-order valence-corrected chi connectivity index (χ1v) is 11.9. The molecular weight excluding hydrogens is 392 g/mol. The number of allylic oxidation sites excluding steroid dienone is 3. The van der Waals surface area contributed by atoms with Gasteiger partial charge in [0.1, 0.15) is 6.10 Å². The minimum Gasteiger partial charge on any atom is -0.462 e. The van der Waals surface area contributed by atoms with E-state index in [0.29, 0.717) is 35.3 Å². The number of hydrogen-bond acceptors (Lipinski definition) is 5. The Morgan fingerprint density at radius 2 is 1.81 bits per heavy atom. The lowest BCUT2D eigenvalue weighted by Crippen LogP contribution is -2.50. The molecule has 0 aromatic rings. The summed E-state index contributed by atoms with van der Waals surface area (Å²) in [7, 11) is 0. The van der Waals surface area contributed by atoms with Crippen molar-refractivity contribution in [3.8, 4) is 0 Å². The van der Waals surface area contributed by atoms with Crippen LogP contribution in [-0.4, -0.2) is 24.3 Å². The Morgan fingerprint density at radius 1 is 1.06 bits per heavy atom. The molecule has 8 atom stereocenters. The summed E-state index contributed by atoms with van der Waals surface area (Å²) >= 11 is 0. The molecule has 0 aromatic carbocycles. The molecule has 0 heterocycles. The molecule has 5 heteroatoms. The zero-order valence-corrected chi connectivity index (χ0v) is 19.1. The van der Waals surface area contributed by atoms with Gasteiger partial charge >= 0.3 is 11.9 Å². The molecule has 0 saturated heterocycles. The smallest absolute Gasteiger partial charge is 0.308 e. The first kappa shape index (κ1) is 21.0. The van der Waals surface area contributed by atoms with Gasteiger partial charge in [-0.15, -0.1) is 0 Å². The van der Waals surface area contributed by atoms with E-state index in [-0.39, 0.29) is 22.9 Å². The lowest BCUT2D eigenvalue weighted by molar-refractivity contribution is -0.148. The highest BCUT2D eigenvalue weighted by molar-refractivity contribution is 5.79. The van der Waals surface area contributed by atoms with Crippen molar-refractivity contribution in [1.82, 2.24) is 0 Å². The second kappa shape index (κ2) is 7.05. The molecule has 5 aliphatic rings. The average molecular weight is 427 g/mol. The zero-order valence-electron chi connectivity index (χ0n) is 19.1. The van der Waals surface area contributed by atoms with Crippen molar-refractivity contribution in [1.29, 1.82) is 0 Å². The van der Waals surface area contributed by atoms with E-state index in [1.54, 1.807) is 0 Å². The predicted molar refractivity (Wildman–Crippen MR) is 114 cm³/mol. The SMILES string of the molecule is CC(=O)OC(C=O)=C1[C@@H]2C[C@@H]2[C@H]2[C@@H]3CC=C4C[C@@H](OC(C)=O)CC[C@]4(C)[C@H]3CC[C@]12C. The summed E-state index contributed by atoms with van der Waals surface area (Å²) in [4.78, 5) is 34.9. The number of esters is 2. The molecule has 5 rings (SSSR count). The van der Waals surface area contributed by atoms with Crippen molar-refractivity contribution in [2.24, 2.45) is 40.4 Å². The van der Waals surface area contributed by atoms with Crippen molar-refractivity contribution in [3.63, 3.8) is 0 Å². The van der Waals surface area contributed by atoms with Crippen LogP contribution in [0.25, 0.3) is 0 Å². The van der Waals surface area contributed by atoms with E-state index in [0.717, 1.165) is 56.8 Å². The number of carbonyl (C=O) groups excluding carboxylic acids is 3. The number of ether oxygens (including phenoxy) is 2. The van der Waals surface area contributed by atoms with Crippen molar-refractivity contribution in [2.75, 3.05) is 0 Å². The van der Waals surface area contributed by atoms with Gasteiger partial charge < -0.3 is 9.47 Å². The first-order chi connectivity index (χ1) is 14.7. The molecule has 0 aliphatic heterocycles. The van der Waals surface area contributed by atoms with Crippen LogP contribution < -0.4 is 0 Å². The van der Waals surface area contributed by atoms with Gasteiger partial charge in [-0.25, -0.2) is 0 Å². The van der Waals surface area contributed by atoms with Crippen LogP contribution in [0.5, 0.6) is 0 Å². The molecule has 0 aromatic heterocycles. The third-order valence-corrected chi connectivity index (χ3v) is 9.56. The fourth-order valence-electron chi connectivity index (χ4n) is 8.45. The zero-order chi connectivity index (χ0) is 22.1. The summed E-state index contributed by atoms with van der Waals surface area (Å²) in [6.45, 7) is 7.64. The number of rotatable bonds is 3. The number of carbonyl (C=O) groups is 3. The maximum absolute atomic E-state index is 11.9. The quantitative estimate of drug-likeness (QED) is 0.214. The van der Waals surface area contributed by atoms with Crippen LogP contribution in [0.3, 0.4) is 0 Å². The lowest BCUT2D eigenvalue weighted by Gasteiger charge is -2.58. The molecule has 5 aliphatic carbocycles. The summed E-state index contributed by atoms with van der Waals surface area (Å²) in [5, 5.41) is 0. The number of aldehydes is 1. The molecule has 0 radical (unpaired) electrons. The molecular formula is C26H34O5. The Bertz CT molecular complexity index is 899. The van der Waals surface area contributed by atoms with Crippen LogP contribution in [0.4, 0.5) is 0 Å². The predicted octanol–water partition coefficient (Wildman–Crippen LogP) is 4.75. The average Bonchev–Trinajstić information content (AvgIpc) is 3.40. The second-order valence-corrected chi connectivity index (χ2v) is 11.1. The summed E-state index contributed by atoms with van der Waals surface area (Å²) in [5.74, 6) is 2.53. The van der Waals surface area contributed by atoms with Crippen LogP contribution in [0, 0.1) is 40.4 Å². The van der Waals surface area contributed by atoms with Gasteiger partial charge in [0.05, 0.1) is 0 Å². The van der Waals surface area contributed by atoms with Gasteiger partial charge in [-0.3, -0.25) is 14.4 Å². The molecule has 4 saturated carbocycles. The van der Waals surface area contributed by atoms with E-state index < -0.39 is 5.97 Å². The maximum atomic E-state index is 11.9. The summed E-state index contributed by atoms with van der Waals surface area (Å²) in [5.41, 5.74) is 2.76. The highest BCUT2D eigenvalue weighted by Crippen LogP contribution is 2.75. The molecule has 0 N–H and O–H groups in total. The van der Waals surface area contributed by atoms with E-state index in [2.05, 4.69) is 19.9 Å². The number of hydrogen-bond donors (Lipinski definition) is 0. The van der Waals surface area contributed by atoms with E-state index in [1.807, 2.05) is 0 Å². The van der Waals surface area contributed by atoms with Gasteiger partial charge in [0.15, 0.2) is 12.0 Å². The minimum absolute atomic E-state index is 0.0231. The van der Waals surface area contributed by atoms with Gasteiger partial charge in [-0.2, -0.15) is 0 Å². The normalized spacial score (nSPS) is 46.4. The Labute approximate surface area is 184 Å². The molecule has 0 bridgehead atoms. The lowest BCUT2D eigenvalue weighted by atomic mass is 9.47. The van der Waals surface area contributed by atoms with Gasteiger partial charge in [0.25, 0.3) is 0 Å². The summed E-state index contributed by atoms with van der Waals surface area (Å²) in [6.07, 6.45) is 10.5. The van der Waals surface area contributed by atoms with Crippen molar-refractivity contribution in [3.05, 3.63) is 23.0 Å². The van der Waals surface area contributed by atoms with Crippen LogP contribution in [0.15, 0.2) is 23.0 Å². The summed E-state index contributed by atoms with van der Waals surface area (Å²) in [6, 6.07) is 0. The highest BCUT2D eigenvalue weighted by atomic mass is 16.5. The molecule has 0 unspecified atom stereocenters. The Kier molecular flexibility index (Phi) is 4.76. The van der Waals surface area contributed by atoms with Crippen LogP contribution in [-0.2, 0) is 23.9 Å². The van der Waals surface area contributed by atoms with Crippen LogP contribution >= 0.6 is 0 Å². The van der Waals surface area contributed by atoms with Crippen molar-refractivity contribution >= 4 is 18.2 Å². The number of fused-ring (bicyclic) bond motifs is 7. The second-order valence-electron chi connectivity index (χ2n) is 11.1. The Morgan fingerprint density at radius 3 is 2.48 bits per heavy atom. The van der Waals surface area contributed by atoms with E-state index >= 15 is 0 Å². The Balaban J connectivity index is 1.46. The molecule has 168 valence electrons. The highest BCUT2D eigenvalue weighted by Gasteiger charge is 2.68. The van der Waals surface area contributed by atoms with Crippen LogP contribution in [0.2, 0.25) is 0 Å². The molecule has 31 heavy (non-hydrogen) atoms. The fourth-order valence-corrected chi connectivity index (χ4v) is 8.45. The first-order valence-electron chi connectivity index (χ1n) is 11.9. The van der Waals surface area contributed by atoms with Gasteiger partial charge in [-0.1, -0.05) is 25.5 Å². The van der Waals surface area contributed by atoms with Gasteiger partial charge in [0.2, 0.25) is 0 Å². The van der Waals surface area contributed by atoms with E-state index in [1.165, 1.54) is 19.4 Å². The maximum Gasteiger partial charge on any atom is 0.308 e. The van der Waals surface area contributed by atoms with Crippen LogP contribution in [0.1, 0.15) is 72.6 Å². The third kappa shape index (κ3) is 3.06. The third-order valence-electron chi connectivity index (χ3n) is 9.56. The fraction of sp³-hybridized carbons (Fsp3) is 0.731. The topological polar surface area (TPSA) is 69.7 Å². The molecule has 4 fully saturated rings. The summed E-state index contributed by atoms with van der Waals surface area (Å²) < 4.78 is 11.0. The molecule has 0 spiro atoms. The van der Waals surface area contributed by atoms with Crippen molar-refractivity contribution in [2.45, 2.75) is 78.7 Å². The van der Waals surface area contributed by atoms with Gasteiger partial charge in [0, 0.05) is 20.3 Å². The molecule has 0 amide bonds. The van der Waals surface area contributed by atoms with Gasteiger partial charge in [-0.05, 0) is 84.5 Å². The van der Waals surface area contributed by atoms with E-state index in [9.17, 15) is 14.4 Å². The monoisotopic (exact) mass is 426 g/mol. The van der Waals surface area contributed by atoms with E-state index in [4.69, 9.17) is 9.47 Å².